The van der Waals surface area contributed by atoms with Crippen LogP contribution < -0.4 is 15.0 Å². The van der Waals surface area contributed by atoms with E-state index < -0.39 is 5.60 Å². The third-order valence-corrected chi connectivity index (χ3v) is 6.49. The highest BCUT2D eigenvalue weighted by atomic mass is 35.5. The number of anilines is 2. The number of halogens is 2. The highest BCUT2D eigenvalue weighted by Gasteiger charge is 2.48. The monoisotopic (exact) mass is 512 g/mol. The highest BCUT2D eigenvalue weighted by molar-refractivity contribution is 5.89. The van der Waals surface area contributed by atoms with Crippen LogP contribution in [0.3, 0.4) is 0 Å². The Morgan fingerprint density at radius 3 is 2.53 bits per heavy atom. The number of hydrogen-bond donors (Lipinski definition) is 1. The van der Waals surface area contributed by atoms with Crippen molar-refractivity contribution < 1.29 is 19.0 Å². The largest absolute Gasteiger partial charge is 0.473 e. The Morgan fingerprint density at radius 1 is 1.06 bits per heavy atom. The Hall–Kier alpha value is -2.43. The van der Waals surface area contributed by atoms with Gasteiger partial charge in [0.05, 0.1) is 19.8 Å². The molecular weight excluding hydrogens is 483 g/mol. The molecular formula is C22H30Cl2N6O4. The van der Waals surface area contributed by atoms with Crippen molar-refractivity contribution in [2.24, 2.45) is 5.92 Å². The molecule has 2 aromatic heterocycles. The third-order valence-electron chi connectivity index (χ3n) is 6.49. The summed E-state index contributed by atoms with van der Waals surface area (Å²) in [6.45, 7) is 2.81. The topological polar surface area (TPSA) is 112 Å². The molecule has 10 nitrogen and oxygen atoms in total. The minimum Gasteiger partial charge on any atom is -0.473 e. The van der Waals surface area contributed by atoms with Gasteiger partial charge in [-0.25, -0.2) is 4.79 Å². The van der Waals surface area contributed by atoms with Gasteiger partial charge in [0.15, 0.2) is 5.82 Å². The lowest BCUT2D eigenvalue weighted by atomic mass is 9.78. The summed E-state index contributed by atoms with van der Waals surface area (Å²) < 4.78 is 17.0. The standard InChI is InChI=1S/C22H28N6O4.2ClH/c29-21-28(19-2-1-11-24-26-19)15-22(32-21)9-5-16(6-10-22)14-23-18-3-4-20(27-25-18)31-17-7-12-30-13-8-17;;/h1-4,11,16-17H,5-10,12-15H2,(H,23,25);2*1H/t16-,22-;;. The minimum atomic E-state index is -0.423. The molecule has 34 heavy (non-hydrogen) atoms. The molecule has 0 aromatic carbocycles. The first-order valence-electron chi connectivity index (χ1n) is 11.3. The van der Waals surface area contributed by atoms with Crippen molar-refractivity contribution in [3.05, 3.63) is 30.5 Å². The molecule has 4 heterocycles. The first-order valence-corrected chi connectivity index (χ1v) is 11.3. The van der Waals surface area contributed by atoms with E-state index in [1.165, 1.54) is 0 Å². The number of ether oxygens (including phenoxy) is 3. The summed E-state index contributed by atoms with van der Waals surface area (Å²) in [5.74, 6) is 2.33. The second-order valence-corrected chi connectivity index (χ2v) is 8.73. The second kappa shape index (κ2) is 11.8. The van der Waals surface area contributed by atoms with Crippen LogP contribution in [0.2, 0.25) is 0 Å². The maximum absolute atomic E-state index is 12.4. The van der Waals surface area contributed by atoms with Crippen molar-refractivity contribution in [2.75, 3.05) is 36.5 Å². The normalized spacial score (nSPS) is 24.6. The van der Waals surface area contributed by atoms with E-state index in [1.54, 1.807) is 23.2 Å². The van der Waals surface area contributed by atoms with E-state index in [4.69, 9.17) is 14.2 Å². The van der Waals surface area contributed by atoms with Crippen molar-refractivity contribution in [1.82, 2.24) is 20.4 Å². The van der Waals surface area contributed by atoms with Gasteiger partial charge in [0.25, 0.3) is 0 Å². The maximum atomic E-state index is 12.4. The van der Waals surface area contributed by atoms with Gasteiger partial charge in [0.1, 0.15) is 17.5 Å². The zero-order valence-corrected chi connectivity index (χ0v) is 20.4. The van der Waals surface area contributed by atoms with E-state index in [9.17, 15) is 4.79 Å². The molecule has 0 unspecified atom stereocenters. The molecule has 3 fully saturated rings. The predicted octanol–water partition coefficient (Wildman–Crippen LogP) is 3.67. The fourth-order valence-electron chi connectivity index (χ4n) is 4.60. The lowest BCUT2D eigenvalue weighted by Crippen LogP contribution is -2.39. The van der Waals surface area contributed by atoms with Gasteiger partial charge < -0.3 is 19.5 Å². The number of nitrogens with zero attached hydrogens (tertiary/aromatic N) is 5. The fraction of sp³-hybridized carbons (Fsp3) is 0.591. The average molecular weight is 513 g/mol. The van der Waals surface area contributed by atoms with Crippen molar-refractivity contribution in [3.8, 4) is 5.88 Å². The van der Waals surface area contributed by atoms with Crippen LogP contribution in [0.15, 0.2) is 30.5 Å². The summed E-state index contributed by atoms with van der Waals surface area (Å²) >= 11 is 0. The van der Waals surface area contributed by atoms with E-state index in [0.717, 1.165) is 64.1 Å². The van der Waals surface area contributed by atoms with Crippen LogP contribution in [0.5, 0.6) is 5.88 Å². The van der Waals surface area contributed by atoms with E-state index >= 15 is 0 Å². The van der Waals surface area contributed by atoms with Gasteiger partial charge in [0, 0.05) is 31.6 Å². The van der Waals surface area contributed by atoms with Gasteiger partial charge >= 0.3 is 6.09 Å². The number of hydrogen-bond acceptors (Lipinski definition) is 9. The zero-order chi connectivity index (χ0) is 21.8. The molecule has 1 aliphatic carbocycles. The van der Waals surface area contributed by atoms with Crippen LogP contribution >= 0.6 is 24.8 Å². The molecule has 0 radical (unpaired) electrons. The van der Waals surface area contributed by atoms with Crippen LogP contribution in [0.1, 0.15) is 38.5 Å². The maximum Gasteiger partial charge on any atom is 0.416 e. The van der Waals surface area contributed by atoms with Crippen LogP contribution in [0, 0.1) is 5.92 Å². The van der Waals surface area contributed by atoms with Gasteiger partial charge in [-0.05, 0) is 49.8 Å². The lowest BCUT2D eigenvalue weighted by molar-refractivity contribution is 0.0148. The van der Waals surface area contributed by atoms with Gasteiger partial charge in [-0.1, -0.05) is 0 Å². The quantitative estimate of drug-likeness (QED) is 0.619. The number of carbonyl (C=O) groups excluding carboxylic acids is 1. The van der Waals surface area contributed by atoms with E-state index in [2.05, 4.69) is 25.7 Å². The first-order chi connectivity index (χ1) is 15.7. The summed E-state index contributed by atoms with van der Waals surface area (Å²) in [7, 11) is 0. The van der Waals surface area contributed by atoms with Crippen molar-refractivity contribution in [2.45, 2.75) is 50.2 Å². The third kappa shape index (κ3) is 6.17. The Labute approximate surface area is 211 Å². The van der Waals surface area contributed by atoms with Gasteiger partial charge in [-0.3, -0.25) is 4.90 Å². The number of aromatic nitrogens is 4. The molecule has 1 saturated carbocycles. The van der Waals surface area contributed by atoms with Crippen LogP contribution in [0.4, 0.5) is 16.4 Å². The predicted molar refractivity (Wildman–Crippen MR) is 130 cm³/mol. The van der Waals surface area contributed by atoms with Gasteiger partial charge in [0.2, 0.25) is 5.88 Å². The minimum absolute atomic E-state index is 0. The summed E-state index contributed by atoms with van der Waals surface area (Å²) in [4.78, 5) is 14.0. The molecule has 2 saturated heterocycles. The summed E-state index contributed by atoms with van der Waals surface area (Å²) in [6, 6.07) is 7.32. The molecule has 1 amide bonds. The molecule has 1 N–H and O–H groups in total. The average Bonchev–Trinajstić information content (AvgIpc) is 3.16. The molecule has 2 aliphatic heterocycles. The summed E-state index contributed by atoms with van der Waals surface area (Å²) in [5.41, 5.74) is -0.423. The Morgan fingerprint density at radius 2 is 1.85 bits per heavy atom. The summed E-state index contributed by atoms with van der Waals surface area (Å²) in [6.07, 6.45) is 6.82. The zero-order valence-electron chi connectivity index (χ0n) is 18.8. The van der Waals surface area contributed by atoms with Gasteiger partial charge in [-0.2, -0.15) is 5.10 Å². The Bertz CT molecular complexity index is 909. The smallest absolute Gasteiger partial charge is 0.416 e. The molecule has 0 atom stereocenters. The molecule has 3 aliphatic rings. The van der Waals surface area contributed by atoms with Crippen LogP contribution in [-0.4, -0.2) is 64.5 Å². The summed E-state index contributed by atoms with van der Waals surface area (Å²) in [5, 5.41) is 19.7. The molecule has 1 spiro atoms. The van der Waals surface area contributed by atoms with E-state index in [1.807, 2.05) is 12.1 Å². The second-order valence-electron chi connectivity index (χ2n) is 8.73. The molecule has 186 valence electrons. The van der Waals surface area contributed by atoms with E-state index in [0.29, 0.717) is 24.2 Å². The number of carbonyl (C=O) groups is 1. The van der Waals surface area contributed by atoms with Crippen LogP contribution in [-0.2, 0) is 9.47 Å². The molecule has 0 bridgehead atoms. The van der Waals surface area contributed by atoms with Crippen molar-refractivity contribution in [3.63, 3.8) is 0 Å². The number of amides is 1. The molecule has 5 rings (SSSR count). The Kier molecular flexibility index (Phi) is 9.10. The van der Waals surface area contributed by atoms with Crippen molar-refractivity contribution in [1.29, 1.82) is 0 Å². The molecule has 2 aromatic rings. The molecule has 12 heteroatoms. The number of nitrogens with one attached hydrogen (secondary N) is 1. The highest BCUT2D eigenvalue weighted by Crippen LogP contribution is 2.40. The Balaban J connectivity index is 0.00000162. The van der Waals surface area contributed by atoms with E-state index in [-0.39, 0.29) is 37.0 Å². The lowest BCUT2D eigenvalue weighted by Gasteiger charge is -2.35. The first kappa shape index (κ1) is 26.2. The van der Waals surface area contributed by atoms with Crippen molar-refractivity contribution >= 4 is 42.5 Å². The van der Waals surface area contributed by atoms with Crippen LogP contribution in [0.25, 0.3) is 0 Å². The fourth-order valence-corrected chi connectivity index (χ4v) is 4.60. The number of rotatable bonds is 6. The SMILES string of the molecule is Cl.Cl.O=C1O[C@]2(CC[C@H](CNc3ccc(OC4CCOCC4)nn3)CC2)CN1c1cccnn1. The van der Waals surface area contributed by atoms with Gasteiger partial charge in [-0.15, -0.1) is 40.1 Å².